The van der Waals surface area contributed by atoms with Crippen LogP contribution in [0.5, 0.6) is 0 Å². The molecule has 0 spiro atoms. The van der Waals surface area contributed by atoms with E-state index >= 15 is 0 Å². The summed E-state index contributed by atoms with van der Waals surface area (Å²) in [5.74, 6) is -1.08. The molecule has 0 bridgehead atoms. The lowest BCUT2D eigenvalue weighted by Crippen LogP contribution is -2.50. The van der Waals surface area contributed by atoms with Crippen LogP contribution in [0.3, 0.4) is 0 Å². The van der Waals surface area contributed by atoms with Crippen molar-refractivity contribution in [2.45, 2.75) is 44.7 Å². The number of hydrogen-bond donors (Lipinski definition) is 4. The maximum Gasteiger partial charge on any atom is 0.238 e. The van der Waals surface area contributed by atoms with Gasteiger partial charge >= 0.3 is 0 Å². The summed E-state index contributed by atoms with van der Waals surface area (Å²) in [5.41, 5.74) is 10.4. The molecular formula is C12H24N4O3. The maximum atomic E-state index is 11.9. The van der Waals surface area contributed by atoms with Crippen LogP contribution < -0.4 is 22.1 Å². The molecule has 7 nitrogen and oxygen atoms in total. The van der Waals surface area contributed by atoms with Crippen LogP contribution in [0.2, 0.25) is 0 Å². The monoisotopic (exact) mass is 272 g/mol. The second kappa shape index (κ2) is 9.46. The van der Waals surface area contributed by atoms with Crippen molar-refractivity contribution < 1.29 is 14.4 Å². The van der Waals surface area contributed by atoms with Gasteiger partial charge in [-0.1, -0.05) is 0 Å². The van der Waals surface area contributed by atoms with Crippen molar-refractivity contribution in [3.05, 3.63) is 0 Å². The van der Waals surface area contributed by atoms with Gasteiger partial charge in [0.25, 0.3) is 0 Å². The maximum absolute atomic E-state index is 11.9. The zero-order chi connectivity index (χ0) is 14.8. The molecule has 0 aromatic heterocycles. The number of unbranched alkanes of at least 4 members (excludes halogenated alkanes) is 1. The van der Waals surface area contributed by atoms with Gasteiger partial charge < -0.3 is 22.1 Å². The third-order valence-corrected chi connectivity index (χ3v) is 2.82. The lowest BCUT2D eigenvalue weighted by atomic mass is 10.0. The Balaban J connectivity index is 4.43. The van der Waals surface area contributed by atoms with E-state index in [9.17, 15) is 14.4 Å². The van der Waals surface area contributed by atoms with Crippen LogP contribution in [0.1, 0.15) is 32.6 Å². The first-order valence-electron chi connectivity index (χ1n) is 6.38. The van der Waals surface area contributed by atoms with E-state index in [0.29, 0.717) is 13.0 Å². The molecule has 0 aromatic rings. The van der Waals surface area contributed by atoms with Crippen LogP contribution >= 0.6 is 0 Å². The number of likely N-dealkylation sites (N-methyl/N-ethyl adjacent to an activating group) is 1. The van der Waals surface area contributed by atoms with E-state index in [1.807, 2.05) is 0 Å². The predicted octanol–water partition coefficient (Wildman–Crippen LogP) is -1.35. The van der Waals surface area contributed by atoms with Crippen LogP contribution in [0.4, 0.5) is 0 Å². The van der Waals surface area contributed by atoms with E-state index in [1.54, 1.807) is 7.05 Å². The molecule has 0 aromatic carbocycles. The Morgan fingerprint density at radius 2 is 1.79 bits per heavy atom. The SMILES string of the molecule is CN[C@@H](CC(N)=O)C(=O)N[C@@H](CCCCN)C(C)=O. The lowest BCUT2D eigenvalue weighted by molar-refractivity contribution is -0.130. The number of rotatable bonds is 10. The highest BCUT2D eigenvalue weighted by Crippen LogP contribution is 2.03. The summed E-state index contributed by atoms with van der Waals surface area (Å²) in [6.45, 7) is 1.98. The normalized spacial score (nSPS) is 13.6. The fourth-order valence-electron chi connectivity index (χ4n) is 1.67. The van der Waals surface area contributed by atoms with Crippen molar-refractivity contribution in [2.75, 3.05) is 13.6 Å². The van der Waals surface area contributed by atoms with Gasteiger partial charge in [0.05, 0.1) is 18.5 Å². The van der Waals surface area contributed by atoms with Gasteiger partial charge in [0.1, 0.15) is 0 Å². The number of carbonyl (C=O) groups excluding carboxylic acids is 3. The minimum absolute atomic E-state index is 0.101. The Labute approximate surface area is 113 Å². The van der Waals surface area contributed by atoms with Crippen LogP contribution in [0.15, 0.2) is 0 Å². The van der Waals surface area contributed by atoms with E-state index in [0.717, 1.165) is 12.8 Å². The molecule has 0 fully saturated rings. The van der Waals surface area contributed by atoms with Gasteiger partial charge in [-0.25, -0.2) is 0 Å². The third-order valence-electron chi connectivity index (χ3n) is 2.82. The van der Waals surface area contributed by atoms with E-state index in [-0.39, 0.29) is 12.2 Å². The topological polar surface area (TPSA) is 127 Å². The van der Waals surface area contributed by atoms with E-state index in [1.165, 1.54) is 6.92 Å². The van der Waals surface area contributed by atoms with Crippen LogP contribution in [-0.4, -0.2) is 43.3 Å². The van der Waals surface area contributed by atoms with Crippen molar-refractivity contribution in [1.29, 1.82) is 0 Å². The summed E-state index contributed by atoms with van der Waals surface area (Å²) >= 11 is 0. The molecule has 0 aliphatic rings. The van der Waals surface area contributed by atoms with Crippen molar-refractivity contribution >= 4 is 17.6 Å². The molecule has 2 amide bonds. The summed E-state index contributed by atoms with van der Waals surface area (Å²) in [7, 11) is 1.56. The summed E-state index contributed by atoms with van der Waals surface area (Å²) in [5, 5.41) is 5.33. The van der Waals surface area contributed by atoms with Gasteiger partial charge in [-0.05, 0) is 39.8 Å². The average Bonchev–Trinajstić information content (AvgIpc) is 2.34. The summed E-state index contributed by atoms with van der Waals surface area (Å²) < 4.78 is 0. The second-order valence-electron chi connectivity index (χ2n) is 4.47. The number of nitrogens with two attached hydrogens (primary N) is 2. The Hall–Kier alpha value is -1.47. The van der Waals surface area contributed by atoms with Gasteiger partial charge in [-0.3, -0.25) is 14.4 Å². The van der Waals surface area contributed by atoms with Gasteiger partial charge in [-0.15, -0.1) is 0 Å². The highest BCUT2D eigenvalue weighted by molar-refractivity contribution is 5.92. The molecule has 7 heteroatoms. The second-order valence-corrected chi connectivity index (χ2v) is 4.47. The number of carbonyl (C=O) groups is 3. The van der Waals surface area contributed by atoms with Crippen molar-refractivity contribution in [2.24, 2.45) is 11.5 Å². The molecule has 0 unspecified atom stereocenters. The van der Waals surface area contributed by atoms with Crippen molar-refractivity contribution in [3.63, 3.8) is 0 Å². The quantitative estimate of drug-likeness (QED) is 0.366. The van der Waals surface area contributed by atoms with Gasteiger partial charge in [-0.2, -0.15) is 0 Å². The highest BCUT2D eigenvalue weighted by atomic mass is 16.2. The van der Waals surface area contributed by atoms with Gasteiger partial charge in [0.15, 0.2) is 5.78 Å². The summed E-state index contributed by atoms with van der Waals surface area (Å²) in [6.07, 6.45) is 2.01. The Morgan fingerprint density at radius 3 is 2.21 bits per heavy atom. The number of primary amides is 1. The first kappa shape index (κ1) is 17.5. The molecule has 6 N–H and O–H groups in total. The summed E-state index contributed by atoms with van der Waals surface area (Å²) in [6, 6.07) is -1.25. The van der Waals surface area contributed by atoms with E-state index in [2.05, 4.69) is 10.6 Å². The lowest BCUT2D eigenvalue weighted by Gasteiger charge is -2.20. The number of hydrogen-bond acceptors (Lipinski definition) is 5. The molecule has 0 aliphatic carbocycles. The van der Waals surface area contributed by atoms with Crippen LogP contribution in [0, 0.1) is 0 Å². The molecule has 0 heterocycles. The molecule has 2 atom stereocenters. The molecule has 19 heavy (non-hydrogen) atoms. The zero-order valence-corrected chi connectivity index (χ0v) is 11.6. The zero-order valence-electron chi connectivity index (χ0n) is 11.6. The molecule has 0 rings (SSSR count). The smallest absolute Gasteiger partial charge is 0.238 e. The molecule has 0 radical (unpaired) electrons. The number of Topliss-reactive ketones (excluding diaryl/α,β-unsaturated/α-hetero) is 1. The van der Waals surface area contributed by atoms with Crippen molar-refractivity contribution in [1.82, 2.24) is 10.6 Å². The van der Waals surface area contributed by atoms with Gasteiger partial charge in [0.2, 0.25) is 11.8 Å². The Bertz CT molecular complexity index is 320. The fourth-order valence-corrected chi connectivity index (χ4v) is 1.67. The minimum Gasteiger partial charge on any atom is -0.370 e. The number of nitrogens with one attached hydrogen (secondary N) is 2. The molecular weight excluding hydrogens is 248 g/mol. The largest absolute Gasteiger partial charge is 0.370 e. The molecule has 0 saturated heterocycles. The molecule has 0 saturated carbocycles. The Kier molecular flexibility index (Phi) is 8.73. The molecule has 0 aliphatic heterocycles. The van der Waals surface area contributed by atoms with Crippen LogP contribution in [-0.2, 0) is 14.4 Å². The average molecular weight is 272 g/mol. The Morgan fingerprint density at radius 1 is 1.16 bits per heavy atom. The first-order chi connectivity index (χ1) is 8.92. The minimum atomic E-state index is -0.714. The predicted molar refractivity (Wildman–Crippen MR) is 72.2 cm³/mol. The third kappa shape index (κ3) is 7.53. The first-order valence-corrected chi connectivity index (χ1v) is 6.38. The number of amides is 2. The van der Waals surface area contributed by atoms with E-state index < -0.39 is 23.9 Å². The van der Waals surface area contributed by atoms with E-state index in [4.69, 9.17) is 11.5 Å². The standard InChI is InChI=1S/C12H24N4O3/c1-8(17)9(5-3-4-6-13)16-12(19)10(15-2)7-11(14)18/h9-10,15H,3-7,13H2,1-2H3,(H2,14,18)(H,16,19)/t9-,10-/m0/s1. The summed E-state index contributed by atoms with van der Waals surface area (Å²) in [4.78, 5) is 34.2. The number of ketones is 1. The fraction of sp³-hybridized carbons (Fsp3) is 0.750. The van der Waals surface area contributed by atoms with Crippen molar-refractivity contribution in [3.8, 4) is 0 Å². The van der Waals surface area contributed by atoms with Crippen LogP contribution in [0.25, 0.3) is 0 Å². The highest BCUT2D eigenvalue weighted by Gasteiger charge is 2.23. The molecule has 110 valence electrons. The van der Waals surface area contributed by atoms with Gasteiger partial charge in [0, 0.05) is 0 Å².